The molecule has 29 heavy (non-hydrogen) atoms. The predicted octanol–water partition coefficient (Wildman–Crippen LogP) is 4.88. The zero-order valence-electron chi connectivity index (χ0n) is 16.0. The number of hydrogen-bond donors (Lipinski definition) is 0. The van der Waals surface area contributed by atoms with E-state index in [-0.39, 0.29) is 5.82 Å². The number of halogens is 3. The summed E-state index contributed by atoms with van der Waals surface area (Å²) in [5.41, 5.74) is 1.95. The van der Waals surface area contributed by atoms with Crippen LogP contribution in [0.5, 0.6) is 5.75 Å². The Morgan fingerprint density at radius 3 is 2.48 bits per heavy atom. The van der Waals surface area contributed by atoms with Crippen LogP contribution in [-0.4, -0.2) is 32.7 Å². The standard InChI is InChI=1S/C18H19F3N4O3S/c1-4-29-17-24-23-13(27-17)6-5-7-26-14-10(2)8-12(9-11(14)3)15-22-16(28-25-15)18(19,20)21/h8-9H,4-7H2,1-3H3. The topological polar surface area (TPSA) is 87.1 Å². The first-order chi connectivity index (χ1) is 13.8. The van der Waals surface area contributed by atoms with Crippen LogP contribution in [0.2, 0.25) is 0 Å². The first kappa shape index (κ1) is 21.2. The van der Waals surface area contributed by atoms with Gasteiger partial charge in [0.1, 0.15) is 5.75 Å². The average Bonchev–Trinajstić information content (AvgIpc) is 3.30. The Morgan fingerprint density at radius 1 is 1.14 bits per heavy atom. The van der Waals surface area contributed by atoms with Gasteiger partial charge in [-0.2, -0.15) is 18.2 Å². The van der Waals surface area contributed by atoms with E-state index in [1.165, 1.54) is 11.8 Å². The van der Waals surface area contributed by atoms with Gasteiger partial charge in [0.25, 0.3) is 5.22 Å². The molecule has 156 valence electrons. The SMILES string of the molecule is CCSc1nnc(CCCOc2c(C)cc(-c3noc(C(F)(F)F)n3)cc2C)o1. The summed E-state index contributed by atoms with van der Waals surface area (Å²) in [4.78, 5) is 3.42. The van der Waals surface area contributed by atoms with Crippen LogP contribution in [0, 0.1) is 13.8 Å². The summed E-state index contributed by atoms with van der Waals surface area (Å²) in [5.74, 6) is 0.601. The lowest BCUT2D eigenvalue weighted by Crippen LogP contribution is -2.05. The Labute approximate surface area is 169 Å². The van der Waals surface area contributed by atoms with E-state index in [2.05, 4.69) is 24.9 Å². The first-order valence-electron chi connectivity index (χ1n) is 8.88. The van der Waals surface area contributed by atoms with Gasteiger partial charge in [0.2, 0.25) is 11.7 Å². The minimum atomic E-state index is -4.67. The van der Waals surface area contributed by atoms with E-state index in [0.717, 1.165) is 16.9 Å². The molecule has 0 atom stereocenters. The summed E-state index contributed by atoms with van der Waals surface area (Å²) < 4.78 is 53.6. The Balaban J connectivity index is 1.61. The van der Waals surface area contributed by atoms with Crippen molar-refractivity contribution in [1.82, 2.24) is 20.3 Å². The molecule has 0 amide bonds. The van der Waals surface area contributed by atoms with Crippen molar-refractivity contribution in [3.8, 4) is 17.1 Å². The van der Waals surface area contributed by atoms with Crippen molar-refractivity contribution >= 4 is 11.8 Å². The van der Waals surface area contributed by atoms with Gasteiger partial charge in [-0.1, -0.05) is 23.8 Å². The molecule has 0 aliphatic rings. The van der Waals surface area contributed by atoms with Crippen LogP contribution in [-0.2, 0) is 12.6 Å². The quantitative estimate of drug-likeness (QED) is 0.371. The monoisotopic (exact) mass is 428 g/mol. The second kappa shape index (κ2) is 8.85. The molecule has 2 heterocycles. The largest absolute Gasteiger partial charge is 0.493 e. The number of benzene rings is 1. The number of alkyl halides is 3. The van der Waals surface area contributed by atoms with Crippen molar-refractivity contribution in [2.24, 2.45) is 0 Å². The molecule has 0 saturated heterocycles. The van der Waals surface area contributed by atoms with E-state index in [4.69, 9.17) is 9.15 Å². The summed E-state index contributed by atoms with van der Waals surface area (Å²) in [6, 6.07) is 3.33. The first-order valence-corrected chi connectivity index (χ1v) is 9.87. The minimum Gasteiger partial charge on any atom is -0.493 e. The van der Waals surface area contributed by atoms with E-state index >= 15 is 0 Å². The number of hydrogen-bond acceptors (Lipinski definition) is 8. The molecule has 0 radical (unpaired) electrons. The number of rotatable bonds is 8. The number of nitrogens with zero attached hydrogens (tertiary/aromatic N) is 4. The van der Waals surface area contributed by atoms with Crippen molar-refractivity contribution in [3.63, 3.8) is 0 Å². The highest BCUT2D eigenvalue weighted by Crippen LogP contribution is 2.32. The molecule has 0 aliphatic heterocycles. The lowest BCUT2D eigenvalue weighted by atomic mass is 10.1. The van der Waals surface area contributed by atoms with Gasteiger partial charge in [-0.15, -0.1) is 10.2 Å². The molecular weight excluding hydrogens is 409 g/mol. The van der Waals surface area contributed by atoms with E-state index in [1.807, 2.05) is 20.8 Å². The molecular formula is C18H19F3N4O3S. The van der Waals surface area contributed by atoms with Gasteiger partial charge in [0.05, 0.1) is 6.61 Å². The van der Waals surface area contributed by atoms with Crippen molar-refractivity contribution in [3.05, 3.63) is 35.0 Å². The van der Waals surface area contributed by atoms with Crippen LogP contribution < -0.4 is 4.74 Å². The van der Waals surface area contributed by atoms with Crippen molar-refractivity contribution in [1.29, 1.82) is 0 Å². The van der Waals surface area contributed by atoms with Gasteiger partial charge in [0, 0.05) is 12.0 Å². The summed E-state index contributed by atoms with van der Waals surface area (Å²) in [7, 11) is 0. The Bertz CT molecular complexity index is 948. The highest BCUT2D eigenvalue weighted by atomic mass is 32.2. The Hall–Kier alpha value is -2.56. The normalized spacial score (nSPS) is 11.8. The second-order valence-electron chi connectivity index (χ2n) is 6.21. The number of thioether (sulfide) groups is 1. The van der Waals surface area contributed by atoms with Crippen LogP contribution >= 0.6 is 11.8 Å². The van der Waals surface area contributed by atoms with Crippen molar-refractivity contribution in [2.75, 3.05) is 12.4 Å². The molecule has 3 rings (SSSR count). The van der Waals surface area contributed by atoms with E-state index in [0.29, 0.717) is 41.9 Å². The average molecular weight is 428 g/mol. The van der Waals surface area contributed by atoms with E-state index < -0.39 is 12.1 Å². The molecule has 3 aromatic rings. The fraction of sp³-hybridized carbons (Fsp3) is 0.444. The van der Waals surface area contributed by atoms with Gasteiger partial charge in [-0.3, -0.25) is 0 Å². The van der Waals surface area contributed by atoms with Gasteiger partial charge >= 0.3 is 12.1 Å². The van der Waals surface area contributed by atoms with Crippen molar-refractivity contribution in [2.45, 2.75) is 45.0 Å². The van der Waals surface area contributed by atoms with Crippen LogP contribution in [0.25, 0.3) is 11.4 Å². The zero-order chi connectivity index (χ0) is 21.0. The molecule has 0 fully saturated rings. The fourth-order valence-electron chi connectivity index (χ4n) is 2.68. The molecule has 0 saturated carbocycles. The van der Waals surface area contributed by atoms with Crippen LogP contribution in [0.3, 0.4) is 0 Å². The minimum absolute atomic E-state index is 0.118. The van der Waals surface area contributed by atoms with Crippen molar-refractivity contribution < 1.29 is 26.8 Å². The number of aromatic nitrogens is 4. The number of ether oxygens (including phenoxy) is 1. The van der Waals surface area contributed by atoms with E-state index in [9.17, 15) is 13.2 Å². The second-order valence-corrected chi connectivity index (χ2v) is 7.42. The zero-order valence-corrected chi connectivity index (χ0v) is 16.9. The maximum atomic E-state index is 12.6. The molecule has 1 aromatic carbocycles. The molecule has 0 N–H and O–H groups in total. The smallest absolute Gasteiger partial charge is 0.471 e. The lowest BCUT2D eigenvalue weighted by Gasteiger charge is -2.13. The highest BCUT2D eigenvalue weighted by Gasteiger charge is 2.38. The third-order valence-electron chi connectivity index (χ3n) is 3.88. The molecule has 2 aromatic heterocycles. The predicted molar refractivity (Wildman–Crippen MR) is 98.7 cm³/mol. The van der Waals surface area contributed by atoms with Crippen LogP contribution in [0.1, 0.15) is 36.3 Å². The molecule has 0 unspecified atom stereocenters. The molecule has 11 heteroatoms. The third-order valence-corrected chi connectivity index (χ3v) is 4.59. The molecule has 0 spiro atoms. The Kier molecular flexibility index (Phi) is 6.46. The van der Waals surface area contributed by atoms with Crippen LogP contribution in [0.15, 0.2) is 26.3 Å². The Morgan fingerprint density at radius 2 is 1.86 bits per heavy atom. The summed E-state index contributed by atoms with van der Waals surface area (Å²) in [5, 5.41) is 11.9. The molecule has 0 aliphatic carbocycles. The number of aryl methyl sites for hydroxylation is 3. The third kappa shape index (κ3) is 5.28. The van der Waals surface area contributed by atoms with Crippen LogP contribution in [0.4, 0.5) is 13.2 Å². The highest BCUT2D eigenvalue weighted by molar-refractivity contribution is 7.99. The van der Waals surface area contributed by atoms with Gasteiger partial charge < -0.3 is 13.7 Å². The maximum absolute atomic E-state index is 12.6. The fourth-order valence-corrected chi connectivity index (χ4v) is 3.18. The van der Waals surface area contributed by atoms with Gasteiger partial charge in [-0.05, 0) is 49.3 Å². The molecule has 7 nitrogen and oxygen atoms in total. The summed E-state index contributed by atoms with van der Waals surface area (Å²) >= 11 is 1.49. The summed E-state index contributed by atoms with van der Waals surface area (Å²) in [6.07, 6.45) is -3.40. The van der Waals surface area contributed by atoms with E-state index in [1.54, 1.807) is 12.1 Å². The molecule has 0 bridgehead atoms. The lowest BCUT2D eigenvalue weighted by molar-refractivity contribution is -0.159. The van der Waals surface area contributed by atoms with Gasteiger partial charge in [-0.25, -0.2) is 0 Å². The maximum Gasteiger partial charge on any atom is 0.471 e. The summed E-state index contributed by atoms with van der Waals surface area (Å²) in [6.45, 7) is 6.05. The van der Waals surface area contributed by atoms with Gasteiger partial charge in [0.15, 0.2) is 0 Å².